The van der Waals surface area contributed by atoms with E-state index in [0.29, 0.717) is 12.1 Å². The fraction of sp³-hybridized carbons (Fsp3) is 0.533. The number of hydrogen-bond donors (Lipinski definition) is 2. The van der Waals surface area contributed by atoms with Crippen LogP contribution >= 0.6 is 0 Å². The van der Waals surface area contributed by atoms with Crippen LogP contribution < -0.4 is 5.32 Å². The van der Waals surface area contributed by atoms with Crippen molar-refractivity contribution in [1.82, 2.24) is 10.2 Å². The van der Waals surface area contributed by atoms with Crippen molar-refractivity contribution in [2.45, 2.75) is 39.5 Å². The van der Waals surface area contributed by atoms with Gasteiger partial charge in [-0.05, 0) is 26.8 Å². The number of benzene rings is 1. The maximum Gasteiger partial charge on any atom is 0.234 e. The van der Waals surface area contributed by atoms with Crippen LogP contribution in [0.2, 0.25) is 0 Å². The lowest BCUT2D eigenvalue weighted by Crippen LogP contribution is -2.43. The number of nitrogens with zero attached hydrogens (tertiary/aromatic N) is 1. The molecule has 1 unspecified atom stereocenters. The second-order valence-electron chi connectivity index (χ2n) is 5.24. The Bertz CT molecular complexity index is 436. The Labute approximate surface area is 119 Å². The second kappa shape index (κ2) is 7.97. The molecular formula is C15H23FN2O2. The van der Waals surface area contributed by atoms with Gasteiger partial charge < -0.3 is 10.4 Å². The van der Waals surface area contributed by atoms with Crippen LogP contribution in [0.4, 0.5) is 4.39 Å². The molecule has 112 valence electrons. The highest BCUT2D eigenvalue weighted by Gasteiger charge is 2.15. The fourth-order valence-corrected chi connectivity index (χ4v) is 1.87. The summed E-state index contributed by atoms with van der Waals surface area (Å²) < 4.78 is 13.4. The minimum atomic E-state index is -0.489. The number of aliphatic hydroxyl groups excluding tert-OH is 1. The molecule has 1 aromatic carbocycles. The summed E-state index contributed by atoms with van der Waals surface area (Å²) in [4.78, 5) is 13.7. The number of amides is 1. The van der Waals surface area contributed by atoms with Gasteiger partial charge in [-0.2, -0.15) is 0 Å². The molecule has 0 radical (unpaired) electrons. The van der Waals surface area contributed by atoms with Crippen LogP contribution in [0.1, 0.15) is 26.3 Å². The Morgan fingerprint density at radius 1 is 1.35 bits per heavy atom. The zero-order chi connectivity index (χ0) is 15.1. The van der Waals surface area contributed by atoms with E-state index in [9.17, 15) is 14.3 Å². The Balaban J connectivity index is 2.48. The molecule has 0 fully saturated rings. The van der Waals surface area contributed by atoms with Gasteiger partial charge in [0.25, 0.3) is 0 Å². The molecule has 2 N–H and O–H groups in total. The zero-order valence-corrected chi connectivity index (χ0v) is 12.3. The van der Waals surface area contributed by atoms with Crippen molar-refractivity contribution in [1.29, 1.82) is 0 Å². The van der Waals surface area contributed by atoms with E-state index in [1.54, 1.807) is 25.1 Å². The Morgan fingerprint density at radius 2 is 2.00 bits per heavy atom. The SMILES string of the molecule is CC(O)CN(CC(=O)NCc1ccccc1F)C(C)C. The Hall–Kier alpha value is -1.46. The van der Waals surface area contributed by atoms with E-state index < -0.39 is 6.10 Å². The maximum absolute atomic E-state index is 13.4. The molecule has 20 heavy (non-hydrogen) atoms. The Kier molecular flexibility index (Phi) is 6.61. The summed E-state index contributed by atoms with van der Waals surface area (Å²) in [6.45, 7) is 6.42. The van der Waals surface area contributed by atoms with E-state index in [2.05, 4.69) is 5.32 Å². The molecule has 0 aliphatic heterocycles. The molecule has 4 nitrogen and oxygen atoms in total. The average Bonchev–Trinajstić information content (AvgIpc) is 2.36. The largest absolute Gasteiger partial charge is 0.392 e. The van der Waals surface area contributed by atoms with Gasteiger partial charge in [-0.3, -0.25) is 9.69 Å². The van der Waals surface area contributed by atoms with Gasteiger partial charge in [0.15, 0.2) is 0 Å². The van der Waals surface area contributed by atoms with Gasteiger partial charge in [0, 0.05) is 24.7 Å². The van der Waals surface area contributed by atoms with E-state index in [1.807, 2.05) is 18.7 Å². The molecule has 0 aliphatic rings. The normalized spacial score (nSPS) is 12.8. The highest BCUT2D eigenvalue weighted by molar-refractivity contribution is 5.78. The highest BCUT2D eigenvalue weighted by atomic mass is 19.1. The van der Waals surface area contributed by atoms with Crippen LogP contribution in [-0.2, 0) is 11.3 Å². The van der Waals surface area contributed by atoms with Crippen LogP contribution in [0.25, 0.3) is 0 Å². The van der Waals surface area contributed by atoms with Crippen LogP contribution in [0.15, 0.2) is 24.3 Å². The smallest absolute Gasteiger partial charge is 0.234 e. The summed E-state index contributed by atoms with van der Waals surface area (Å²) in [5.74, 6) is -0.500. The number of hydrogen-bond acceptors (Lipinski definition) is 3. The third-order valence-corrected chi connectivity index (χ3v) is 3.01. The van der Waals surface area contributed by atoms with Gasteiger partial charge in [0.2, 0.25) is 5.91 Å². The second-order valence-corrected chi connectivity index (χ2v) is 5.24. The number of rotatable bonds is 7. The summed E-state index contributed by atoms with van der Waals surface area (Å²) in [6.07, 6.45) is -0.489. The van der Waals surface area contributed by atoms with E-state index in [-0.39, 0.29) is 30.9 Å². The van der Waals surface area contributed by atoms with Gasteiger partial charge in [0.05, 0.1) is 12.6 Å². The first kappa shape index (κ1) is 16.6. The molecule has 0 bridgehead atoms. The number of nitrogens with one attached hydrogen (secondary N) is 1. The minimum absolute atomic E-state index is 0.156. The van der Waals surface area contributed by atoms with Crippen molar-refractivity contribution < 1.29 is 14.3 Å². The van der Waals surface area contributed by atoms with Gasteiger partial charge in [-0.15, -0.1) is 0 Å². The zero-order valence-electron chi connectivity index (χ0n) is 12.3. The highest BCUT2D eigenvalue weighted by Crippen LogP contribution is 2.05. The van der Waals surface area contributed by atoms with Crippen LogP contribution in [0.5, 0.6) is 0 Å². The maximum atomic E-state index is 13.4. The first-order valence-electron chi connectivity index (χ1n) is 6.82. The monoisotopic (exact) mass is 282 g/mol. The predicted octanol–water partition coefficient (Wildman–Crippen LogP) is 1.53. The summed E-state index contributed by atoms with van der Waals surface area (Å²) in [5.41, 5.74) is 0.465. The lowest BCUT2D eigenvalue weighted by molar-refractivity contribution is -0.123. The molecule has 0 saturated carbocycles. The quantitative estimate of drug-likeness (QED) is 0.797. The number of carbonyl (C=O) groups excluding carboxylic acids is 1. The summed E-state index contributed by atoms with van der Waals surface area (Å²) in [5, 5.41) is 12.1. The number of halogens is 1. The number of carbonyl (C=O) groups is 1. The topological polar surface area (TPSA) is 52.6 Å². The first-order chi connectivity index (χ1) is 9.40. The molecule has 0 aliphatic carbocycles. The van der Waals surface area contributed by atoms with E-state index in [0.717, 1.165) is 0 Å². The van der Waals surface area contributed by atoms with Crippen molar-refractivity contribution in [3.63, 3.8) is 0 Å². The molecule has 1 aromatic rings. The molecule has 0 aromatic heterocycles. The van der Waals surface area contributed by atoms with Crippen LogP contribution in [0.3, 0.4) is 0 Å². The van der Waals surface area contributed by atoms with Gasteiger partial charge >= 0.3 is 0 Å². The van der Waals surface area contributed by atoms with Crippen LogP contribution in [-0.4, -0.2) is 41.1 Å². The standard InChI is InChI=1S/C15H23FN2O2/c1-11(2)18(9-12(3)19)10-15(20)17-8-13-6-4-5-7-14(13)16/h4-7,11-12,19H,8-10H2,1-3H3,(H,17,20). The summed E-state index contributed by atoms with van der Waals surface area (Å²) in [6, 6.07) is 6.52. The van der Waals surface area contributed by atoms with Gasteiger partial charge in [-0.1, -0.05) is 18.2 Å². The molecule has 0 heterocycles. The first-order valence-corrected chi connectivity index (χ1v) is 6.82. The Morgan fingerprint density at radius 3 is 2.55 bits per heavy atom. The van der Waals surface area contributed by atoms with E-state index in [4.69, 9.17) is 0 Å². The number of aliphatic hydroxyl groups is 1. The molecule has 1 atom stereocenters. The average molecular weight is 282 g/mol. The van der Waals surface area contributed by atoms with Crippen molar-refractivity contribution in [3.8, 4) is 0 Å². The fourth-order valence-electron chi connectivity index (χ4n) is 1.87. The molecular weight excluding hydrogens is 259 g/mol. The van der Waals surface area contributed by atoms with Crippen LogP contribution in [0, 0.1) is 5.82 Å². The third kappa shape index (κ3) is 5.67. The lowest BCUT2D eigenvalue weighted by Gasteiger charge is -2.26. The minimum Gasteiger partial charge on any atom is -0.392 e. The van der Waals surface area contributed by atoms with Gasteiger partial charge in [-0.25, -0.2) is 4.39 Å². The molecule has 0 spiro atoms. The predicted molar refractivity (Wildman–Crippen MR) is 76.6 cm³/mol. The van der Waals surface area contributed by atoms with E-state index in [1.165, 1.54) is 6.07 Å². The van der Waals surface area contributed by atoms with Crippen molar-refractivity contribution in [2.24, 2.45) is 0 Å². The van der Waals surface area contributed by atoms with Crippen molar-refractivity contribution in [3.05, 3.63) is 35.6 Å². The molecule has 1 rings (SSSR count). The van der Waals surface area contributed by atoms with Crippen molar-refractivity contribution >= 4 is 5.91 Å². The summed E-state index contributed by atoms with van der Waals surface area (Å²) in [7, 11) is 0. The molecule has 5 heteroatoms. The third-order valence-electron chi connectivity index (χ3n) is 3.01. The van der Waals surface area contributed by atoms with E-state index >= 15 is 0 Å². The molecule has 1 amide bonds. The van der Waals surface area contributed by atoms with Crippen molar-refractivity contribution in [2.75, 3.05) is 13.1 Å². The van der Waals surface area contributed by atoms with Gasteiger partial charge in [0.1, 0.15) is 5.82 Å². The lowest BCUT2D eigenvalue weighted by atomic mass is 10.2. The molecule has 0 saturated heterocycles. The summed E-state index contributed by atoms with van der Waals surface area (Å²) >= 11 is 0.